The molecule has 0 saturated carbocycles. The van der Waals surface area contributed by atoms with Crippen molar-refractivity contribution in [2.45, 2.75) is 23.2 Å². The molecule has 0 aliphatic carbocycles. The zero-order chi connectivity index (χ0) is 19.8. The Bertz CT molecular complexity index is 1090. The summed E-state index contributed by atoms with van der Waals surface area (Å²) in [5, 5.41) is 9.19. The van der Waals surface area contributed by atoms with Gasteiger partial charge in [-0.15, -0.1) is 10.2 Å². The number of nitrogens with zero attached hydrogens (tertiary/aromatic N) is 2. The maximum atomic E-state index is 11.6. The molecule has 1 aromatic heterocycles. The van der Waals surface area contributed by atoms with E-state index in [1.54, 1.807) is 12.1 Å². The highest BCUT2D eigenvalue weighted by Crippen LogP contribution is 2.44. The number of hydrogen-bond acceptors (Lipinski definition) is 6. The minimum atomic E-state index is -3.26. The van der Waals surface area contributed by atoms with E-state index >= 15 is 0 Å². The predicted molar refractivity (Wildman–Crippen MR) is 105 cm³/mol. The lowest BCUT2D eigenvalue weighted by atomic mass is 9.74. The first-order chi connectivity index (χ1) is 13.4. The van der Waals surface area contributed by atoms with Crippen LogP contribution in [-0.4, -0.2) is 38.1 Å². The van der Waals surface area contributed by atoms with Crippen molar-refractivity contribution >= 4 is 21.4 Å². The molecule has 0 N–H and O–H groups in total. The lowest BCUT2D eigenvalue weighted by Gasteiger charge is -2.35. The Morgan fingerprint density at radius 2 is 1.68 bits per heavy atom. The molecule has 8 heteroatoms. The first-order valence-electron chi connectivity index (χ1n) is 8.87. The van der Waals surface area contributed by atoms with E-state index in [0.29, 0.717) is 48.4 Å². The third kappa shape index (κ3) is 3.45. The number of aromatic nitrogens is 2. The van der Waals surface area contributed by atoms with Crippen LogP contribution in [0.15, 0.2) is 57.8 Å². The summed E-state index contributed by atoms with van der Waals surface area (Å²) in [7, 11) is -3.26. The molecule has 1 aliphatic rings. The standard InChI is InChI=1S/C20H19ClN2O4S/c1-28(24,25)15-8-6-14(7-9-15)18-22-23-19(27-18)20(10-12-26-13-11-20)16-4-2-3-5-17(16)21/h2-9H,10-13H2,1H3. The molecule has 1 fully saturated rings. The normalized spacial score (nSPS) is 16.8. The number of benzene rings is 2. The van der Waals surface area contributed by atoms with Crippen LogP contribution in [0.25, 0.3) is 11.5 Å². The Labute approximate surface area is 168 Å². The van der Waals surface area contributed by atoms with Crippen LogP contribution in [0.5, 0.6) is 0 Å². The molecular formula is C20H19ClN2O4S. The van der Waals surface area contributed by atoms with Gasteiger partial charge in [0.15, 0.2) is 9.84 Å². The monoisotopic (exact) mass is 418 g/mol. The van der Waals surface area contributed by atoms with Crippen molar-refractivity contribution in [3.8, 4) is 11.5 Å². The van der Waals surface area contributed by atoms with Gasteiger partial charge in [-0.1, -0.05) is 29.8 Å². The van der Waals surface area contributed by atoms with E-state index in [2.05, 4.69) is 10.2 Å². The molecular weight excluding hydrogens is 400 g/mol. The molecule has 4 rings (SSSR count). The van der Waals surface area contributed by atoms with Gasteiger partial charge < -0.3 is 9.15 Å². The van der Waals surface area contributed by atoms with Crippen LogP contribution in [0.1, 0.15) is 24.3 Å². The molecule has 0 radical (unpaired) electrons. The zero-order valence-electron chi connectivity index (χ0n) is 15.3. The minimum absolute atomic E-state index is 0.243. The second-order valence-corrected chi connectivity index (χ2v) is 9.31. The summed E-state index contributed by atoms with van der Waals surface area (Å²) >= 11 is 6.49. The second-order valence-electron chi connectivity index (χ2n) is 6.88. The first-order valence-corrected chi connectivity index (χ1v) is 11.1. The van der Waals surface area contributed by atoms with Gasteiger partial charge in [0.05, 0.1) is 10.3 Å². The van der Waals surface area contributed by atoms with E-state index < -0.39 is 15.3 Å². The molecule has 2 aromatic carbocycles. The van der Waals surface area contributed by atoms with Crippen LogP contribution in [-0.2, 0) is 20.0 Å². The predicted octanol–water partition coefficient (Wildman–Crippen LogP) is 3.89. The van der Waals surface area contributed by atoms with E-state index in [9.17, 15) is 8.42 Å². The van der Waals surface area contributed by atoms with Crippen LogP contribution in [0, 0.1) is 0 Å². The van der Waals surface area contributed by atoms with Crippen molar-refractivity contribution in [2.24, 2.45) is 0 Å². The van der Waals surface area contributed by atoms with Crippen LogP contribution in [0.3, 0.4) is 0 Å². The molecule has 0 bridgehead atoms. The maximum absolute atomic E-state index is 11.6. The number of ether oxygens (including phenoxy) is 1. The van der Waals surface area contributed by atoms with E-state index in [-0.39, 0.29) is 4.90 Å². The Kier molecular flexibility index (Phi) is 4.99. The lowest BCUT2D eigenvalue weighted by molar-refractivity contribution is 0.0546. The van der Waals surface area contributed by atoms with Crippen molar-refractivity contribution in [3.05, 3.63) is 65.0 Å². The average molecular weight is 419 g/mol. The minimum Gasteiger partial charge on any atom is -0.420 e. The van der Waals surface area contributed by atoms with E-state index in [0.717, 1.165) is 5.56 Å². The van der Waals surface area contributed by atoms with Gasteiger partial charge in [-0.25, -0.2) is 8.42 Å². The second kappa shape index (κ2) is 7.31. The van der Waals surface area contributed by atoms with Crippen molar-refractivity contribution in [2.75, 3.05) is 19.5 Å². The van der Waals surface area contributed by atoms with Gasteiger partial charge in [0.2, 0.25) is 11.8 Å². The molecule has 3 aromatic rings. The summed E-state index contributed by atoms with van der Waals surface area (Å²) in [5.41, 5.74) is 1.10. The first kappa shape index (κ1) is 19.1. The molecule has 2 heterocycles. The fourth-order valence-corrected chi connectivity index (χ4v) is 4.49. The third-order valence-electron chi connectivity index (χ3n) is 5.10. The summed E-state index contributed by atoms with van der Waals surface area (Å²) in [6, 6.07) is 14.1. The van der Waals surface area contributed by atoms with Gasteiger partial charge in [0.1, 0.15) is 0 Å². The molecule has 146 valence electrons. The molecule has 28 heavy (non-hydrogen) atoms. The summed E-state index contributed by atoms with van der Waals surface area (Å²) < 4.78 is 34.9. The van der Waals surface area contributed by atoms with Crippen molar-refractivity contribution in [1.82, 2.24) is 10.2 Å². The maximum Gasteiger partial charge on any atom is 0.247 e. The lowest BCUT2D eigenvalue weighted by Crippen LogP contribution is -2.35. The Balaban J connectivity index is 1.75. The SMILES string of the molecule is CS(=O)(=O)c1ccc(-c2nnc(C3(c4ccccc4Cl)CCOCC3)o2)cc1. The molecule has 0 atom stereocenters. The fourth-order valence-electron chi connectivity index (χ4n) is 3.55. The van der Waals surface area contributed by atoms with Crippen molar-refractivity contribution in [1.29, 1.82) is 0 Å². The molecule has 0 spiro atoms. The summed E-state index contributed by atoms with van der Waals surface area (Å²) in [4.78, 5) is 0.243. The molecule has 0 amide bonds. The van der Waals surface area contributed by atoms with E-state index in [1.807, 2.05) is 24.3 Å². The average Bonchev–Trinajstić information content (AvgIpc) is 3.19. The third-order valence-corrected chi connectivity index (χ3v) is 6.56. The van der Waals surface area contributed by atoms with Crippen LogP contribution in [0.4, 0.5) is 0 Å². The summed E-state index contributed by atoms with van der Waals surface area (Å²) in [6.45, 7) is 1.15. The number of rotatable bonds is 4. The summed E-state index contributed by atoms with van der Waals surface area (Å²) in [5.74, 6) is 0.832. The number of halogens is 1. The highest BCUT2D eigenvalue weighted by Gasteiger charge is 2.42. The topological polar surface area (TPSA) is 82.3 Å². The highest BCUT2D eigenvalue weighted by atomic mass is 35.5. The van der Waals surface area contributed by atoms with Gasteiger partial charge >= 0.3 is 0 Å². The number of sulfone groups is 1. The Morgan fingerprint density at radius 1 is 1.00 bits per heavy atom. The molecule has 1 aliphatic heterocycles. The van der Waals surface area contributed by atoms with Crippen LogP contribution < -0.4 is 0 Å². The molecule has 0 unspecified atom stereocenters. The Hall–Kier alpha value is -2.22. The van der Waals surface area contributed by atoms with E-state index in [4.69, 9.17) is 20.8 Å². The van der Waals surface area contributed by atoms with Gasteiger partial charge in [0.25, 0.3) is 0 Å². The van der Waals surface area contributed by atoms with Crippen molar-refractivity contribution < 1.29 is 17.6 Å². The van der Waals surface area contributed by atoms with Gasteiger partial charge in [-0.05, 0) is 48.7 Å². The molecule has 1 saturated heterocycles. The fraction of sp³-hybridized carbons (Fsp3) is 0.300. The zero-order valence-corrected chi connectivity index (χ0v) is 16.8. The largest absolute Gasteiger partial charge is 0.420 e. The van der Waals surface area contributed by atoms with Crippen LogP contribution >= 0.6 is 11.6 Å². The molecule has 6 nitrogen and oxygen atoms in total. The van der Waals surface area contributed by atoms with Crippen LogP contribution in [0.2, 0.25) is 5.02 Å². The van der Waals surface area contributed by atoms with Gasteiger partial charge in [-0.2, -0.15) is 0 Å². The van der Waals surface area contributed by atoms with Gasteiger partial charge in [-0.3, -0.25) is 0 Å². The smallest absolute Gasteiger partial charge is 0.247 e. The number of hydrogen-bond donors (Lipinski definition) is 0. The van der Waals surface area contributed by atoms with Gasteiger partial charge in [0, 0.05) is 30.1 Å². The van der Waals surface area contributed by atoms with Crippen molar-refractivity contribution in [3.63, 3.8) is 0 Å². The quantitative estimate of drug-likeness (QED) is 0.639. The van der Waals surface area contributed by atoms with E-state index in [1.165, 1.54) is 18.4 Å². The Morgan fingerprint density at radius 3 is 2.32 bits per heavy atom. The highest BCUT2D eigenvalue weighted by molar-refractivity contribution is 7.90. The summed E-state index contributed by atoms with van der Waals surface area (Å²) in [6.07, 6.45) is 2.54.